The van der Waals surface area contributed by atoms with Gasteiger partial charge in [0.2, 0.25) is 0 Å². The van der Waals surface area contributed by atoms with E-state index in [9.17, 15) is 35.4 Å². The van der Waals surface area contributed by atoms with Crippen LogP contribution in [0.5, 0.6) is 0 Å². The third-order valence-electron chi connectivity index (χ3n) is 15.9. The van der Waals surface area contributed by atoms with Crippen LogP contribution in [-0.4, -0.2) is 104 Å². The van der Waals surface area contributed by atoms with Crippen LogP contribution in [0.15, 0.2) is 0 Å². The Hall–Kier alpha value is -0.890. The molecule has 0 aromatic heterocycles. The third-order valence-corrected chi connectivity index (χ3v) is 15.9. The van der Waals surface area contributed by atoms with Gasteiger partial charge in [0.1, 0.15) is 30.5 Å². The zero-order valence-corrected chi connectivity index (χ0v) is 30.0. The van der Waals surface area contributed by atoms with E-state index < -0.39 is 71.1 Å². The zero-order chi connectivity index (χ0) is 35.2. The van der Waals surface area contributed by atoms with Gasteiger partial charge in [0.15, 0.2) is 18.2 Å². The van der Waals surface area contributed by atoms with Crippen LogP contribution >= 0.6 is 0 Å². The molecule has 0 aromatic rings. The Morgan fingerprint density at radius 1 is 0.938 bits per heavy atom. The van der Waals surface area contributed by atoms with Gasteiger partial charge < -0.3 is 49.6 Å². The van der Waals surface area contributed by atoms with Gasteiger partial charge in [-0.3, -0.25) is 4.79 Å². The molecule has 7 aliphatic rings. The van der Waals surface area contributed by atoms with E-state index in [0.29, 0.717) is 12.3 Å². The molecule has 0 radical (unpaired) electrons. The zero-order valence-electron chi connectivity index (χ0n) is 30.0. The van der Waals surface area contributed by atoms with Gasteiger partial charge >= 0.3 is 5.97 Å². The van der Waals surface area contributed by atoms with Crippen LogP contribution in [0.3, 0.4) is 0 Å². The van der Waals surface area contributed by atoms with Gasteiger partial charge in [-0.05, 0) is 105 Å². The Balaban J connectivity index is 1.17. The summed E-state index contributed by atoms with van der Waals surface area (Å²) < 4.78 is 24.2. The maximum Gasteiger partial charge on any atom is 0.303 e. The van der Waals surface area contributed by atoms with Crippen LogP contribution in [0.2, 0.25) is 0 Å². The summed E-state index contributed by atoms with van der Waals surface area (Å²) in [4.78, 5) is 12.1. The van der Waals surface area contributed by atoms with Crippen LogP contribution in [0, 0.1) is 50.7 Å². The highest BCUT2D eigenvalue weighted by atomic mass is 16.7. The lowest BCUT2D eigenvalue weighted by Crippen LogP contribution is -2.62. The molecule has 2 heterocycles. The van der Waals surface area contributed by atoms with Gasteiger partial charge in [0.05, 0.1) is 18.3 Å². The summed E-state index contributed by atoms with van der Waals surface area (Å²) in [5, 5.41) is 67.0. The van der Waals surface area contributed by atoms with Crippen molar-refractivity contribution in [1.29, 1.82) is 0 Å². The van der Waals surface area contributed by atoms with E-state index >= 15 is 0 Å². The Labute approximate surface area is 284 Å². The summed E-state index contributed by atoms with van der Waals surface area (Å²) in [6.45, 7) is 15.4. The molecule has 4 unspecified atom stereocenters. The quantitative estimate of drug-likeness (QED) is 0.186. The van der Waals surface area contributed by atoms with Gasteiger partial charge in [0, 0.05) is 18.3 Å². The first-order valence-electron chi connectivity index (χ1n) is 18.4. The lowest BCUT2D eigenvalue weighted by molar-refractivity contribution is -0.342. The van der Waals surface area contributed by atoms with Crippen molar-refractivity contribution in [3.63, 3.8) is 0 Å². The number of aliphatic hydroxyl groups excluding tert-OH is 4. The van der Waals surface area contributed by atoms with Crippen molar-refractivity contribution in [3.8, 4) is 0 Å². The molecule has 5 aliphatic carbocycles. The van der Waals surface area contributed by atoms with E-state index in [1.165, 1.54) is 6.92 Å². The fraction of sp³-hybridized carbons (Fsp3) is 0.973. The molecule has 6 N–H and O–H groups in total. The summed E-state index contributed by atoms with van der Waals surface area (Å²) in [7, 11) is 0. The Morgan fingerprint density at radius 3 is 2.23 bits per heavy atom. The normalized spacial score (nSPS) is 56.1. The Bertz CT molecular complexity index is 1300. The number of esters is 1. The number of carbonyl (C=O) groups is 1. The number of rotatable bonds is 5. The number of fused-ring (bicyclic) bond motifs is 4. The van der Waals surface area contributed by atoms with Crippen LogP contribution in [0.4, 0.5) is 0 Å². The summed E-state index contributed by atoms with van der Waals surface area (Å²) in [6, 6.07) is 0. The second kappa shape index (κ2) is 10.8. The van der Waals surface area contributed by atoms with Crippen molar-refractivity contribution in [1.82, 2.24) is 0 Å². The molecule has 17 atom stereocenters. The summed E-state index contributed by atoms with van der Waals surface area (Å²) in [6.07, 6.45) is -0.902. The summed E-state index contributed by atoms with van der Waals surface area (Å²) in [5.41, 5.74) is -2.59. The number of ether oxygens (including phenoxy) is 4. The van der Waals surface area contributed by atoms with Gasteiger partial charge in [0.25, 0.3) is 0 Å². The molecule has 48 heavy (non-hydrogen) atoms. The first-order valence-corrected chi connectivity index (χ1v) is 18.4. The average Bonchev–Trinajstić information content (AvgIpc) is 3.62. The highest BCUT2D eigenvalue weighted by molar-refractivity contribution is 5.66. The Kier molecular flexibility index (Phi) is 8.01. The van der Waals surface area contributed by atoms with Gasteiger partial charge in [-0.1, -0.05) is 34.6 Å². The monoisotopic (exact) mass is 680 g/mol. The fourth-order valence-electron chi connectivity index (χ4n) is 13.8. The molecule has 0 amide bonds. The molecule has 5 saturated carbocycles. The smallest absolute Gasteiger partial charge is 0.303 e. The van der Waals surface area contributed by atoms with Crippen molar-refractivity contribution in [2.45, 2.75) is 167 Å². The van der Waals surface area contributed by atoms with Crippen LogP contribution < -0.4 is 0 Å². The topological polar surface area (TPSA) is 175 Å². The molecule has 11 heteroatoms. The first-order chi connectivity index (χ1) is 22.1. The number of hydrogen-bond donors (Lipinski definition) is 6. The number of hydrogen-bond acceptors (Lipinski definition) is 11. The Morgan fingerprint density at radius 2 is 1.58 bits per heavy atom. The van der Waals surface area contributed by atoms with E-state index in [-0.39, 0.29) is 46.7 Å². The van der Waals surface area contributed by atoms with Crippen molar-refractivity contribution in [2.75, 3.05) is 6.61 Å². The highest BCUT2D eigenvalue weighted by Crippen LogP contribution is 2.89. The second-order valence-electron chi connectivity index (χ2n) is 18.8. The number of carbonyl (C=O) groups excluding carboxylic acids is 1. The molecule has 0 aromatic carbocycles. The standard InChI is InChI=1S/C37H60O11/c1-18-15-21(28(32(5,6)43)46-19(2)38)48-37(44)27(18)33(7)13-14-36-17-35(36)12-11-24(47-29-26(41)25(40)20(39)16-45-29)31(3,4)22(35)9-10-23(36)34(33,8)30(37)42/h18,20-30,39-44H,9-17H2,1-8H3/t18-,20?,21?,22+,23?,24+,25+,26-,27-,28+,29+,30-,33-,34-,35-,36?,37-/m1/s1. The molecule has 2 spiro atoms. The maximum absolute atomic E-state index is 12.6. The summed E-state index contributed by atoms with van der Waals surface area (Å²) >= 11 is 0. The second-order valence-corrected chi connectivity index (χ2v) is 18.8. The molecule has 11 nitrogen and oxygen atoms in total. The molecule has 2 aliphatic heterocycles. The molecule has 7 fully saturated rings. The fourth-order valence-corrected chi connectivity index (χ4v) is 13.8. The minimum atomic E-state index is -1.86. The van der Waals surface area contributed by atoms with E-state index in [0.717, 1.165) is 44.9 Å². The predicted molar refractivity (Wildman–Crippen MR) is 172 cm³/mol. The first kappa shape index (κ1) is 35.5. The molecule has 7 rings (SSSR count). The molecular weight excluding hydrogens is 620 g/mol. The minimum absolute atomic E-state index is 0.0222. The highest BCUT2D eigenvalue weighted by Gasteiger charge is 2.86. The van der Waals surface area contributed by atoms with E-state index in [4.69, 9.17) is 18.9 Å². The number of aliphatic hydroxyl groups is 6. The van der Waals surface area contributed by atoms with E-state index in [2.05, 4.69) is 34.6 Å². The van der Waals surface area contributed by atoms with E-state index in [1.54, 1.807) is 13.8 Å². The third kappa shape index (κ3) is 4.41. The van der Waals surface area contributed by atoms with Crippen LogP contribution in [0.25, 0.3) is 0 Å². The molecular formula is C37H60O11. The van der Waals surface area contributed by atoms with Crippen molar-refractivity contribution in [3.05, 3.63) is 0 Å². The predicted octanol–water partition coefficient (Wildman–Crippen LogP) is 2.65. The average molecular weight is 681 g/mol. The maximum atomic E-state index is 12.6. The van der Waals surface area contributed by atoms with Gasteiger partial charge in [-0.25, -0.2) is 0 Å². The van der Waals surface area contributed by atoms with Crippen molar-refractivity contribution < 1.29 is 54.4 Å². The van der Waals surface area contributed by atoms with Crippen molar-refractivity contribution >= 4 is 5.97 Å². The molecule has 2 saturated heterocycles. The van der Waals surface area contributed by atoms with E-state index in [1.807, 2.05) is 0 Å². The van der Waals surface area contributed by atoms with Crippen molar-refractivity contribution in [2.24, 2.45) is 50.7 Å². The lowest BCUT2D eigenvalue weighted by atomic mass is 9.41. The van der Waals surface area contributed by atoms with Crippen LogP contribution in [0.1, 0.15) is 107 Å². The van der Waals surface area contributed by atoms with Gasteiger partial charge in [-0.15, -0.1) is 0 Å². The SMILES string of the molecule is CC(=O)O[C@@H](C1C[C@@H](C)[C@H]2[C@@](O)(O1)[C@H](O)[C@@]1(C)C3CC[C@H]4C(C)(C)[C@@H](O[C@@H]5OCC(O)[C@H](O)[C@H]5O)CC[C@@]45CC35CC[C@]21C)C(C)(C)O. The largest absolute Gasteiger partial charge is 0.457 e. The van der Waals surface area contributed by atoms with Gasteiger partial charge in [-0.2, -0.15) is 0 Å². The van der Waals surface area contributed by atoms with Crippen LogP contribution in [-0.2, 0) is 23.7 Å². The summed E-state index contributed by atoms with van der Waals surface area (Å²) in [5.74, 6) is -2.26. The molecule has 0 bridgehead atoms. The lowest BCUT2D eigenvalue weighted by Gasteiger charge is -2.63. The molecule has 274 valence electrons. The minimum Gasteiger partial charge on any atom is -0.457 e.